The van der Waals surface area contributed by atoms with Gasteiger partial charge in [0.05, 0.1) is 6.04 Å². The highest BCUT2D eigenvalue weighted by molar-refractivity contribution is 5.56. The first-order chi connectivity index (χ1) is 9.68. The Labute approximate surface area is 120 Å². The van der Waals surface area contributed by atoms with E-state index in [1.165, 1.54) is 16.8 Å². The number of fused-ring (bicyclic) bond motifs is 1. The van der Waals surface area contributed by atoms with E-state index < -0.39 is 0 Å². The Morgan fingerprint density at radius 2 is 1.90 bits per heavy atom. The monoisotopic (exact) mass is 267 g/mol. The minimum atomic E-state index is 0.354. The number of hydrogen-bond donors (Lipinski definition) is 1. The SMILES string of the molecule is Cc1ccccc1N(C)C1CCCc2c(O)cccc21. The van der Waals surface area contributed by atoms with Crippen molar-refractivity contribution in [3.63, 3.8) is 0 Å². The second-order valence-corrected chi connectivity index (χ2v) is 5.65. The van der Waals surface area contributed by atoms with Crippen molar-refractivity contribution in [3.8, 4) is 5.75 Å². The first-order valence-corrected chi connectivity index (χ1v) is 7.27. The Bertz CT molecular complexity index is 621. The van der Waals surface area contributed by atoms with Crippen molar-refractivity contribution in [1.82, 2.24) is 0 Å². The second kappa shape index (κ2) is 5.20. The molecule has 1 aliphatic rings. The van der Waals surface area contributed by atoms with E-state index in [0.717, 1.165) is 24.8 Å². The molecule has 0 fully saturated rings. The van der Waals surface area contributed by atoms with Crippen LogP contribution in [0.5, 0.6) is 5.75 Å². The molecule has 2 aromatic rings. The molecule has 1 unspecified atom stereocenters. The van der Waals surface area contributed by atoms with Gasteiger partial charge in [-0.3, -0.25) is 0 Å². The van der Waals surface area contributed by atoms with E-state index in [9.17, 15) is 5.11 Å². The molecule has 1 aliphatic carbocycles. The van der Waals surface area contributed by atoms with Gasteiger partial charge >= 0.3 is 0 Å². The molecule has 2 heteroatoms. The lowest BCUT2D eigenvalue weighted by Crippen LogP contribution is -2.28. The molecular formula is C18H21NO. The van der Waals surface area contributed by atoms with Gasteiger partial charge in [-0.1, -0.05) is 30.3 Å². The van der Waals surface area contributed by atoms with Gasteiger partial charge in [-0.2, -0.15) is 0 Å². The predicted molar refractivity (Wildman–Crippen MR) is 83.4 cm³/mol. The van der Waals surface area contributed by atoms with Crippen molar-refractivity contribution in [1.29, 1.82) is 0 Å². The van der Waals surface area contributed by atoms with Crippen LogP contribution in [0.4, 0.5) is 5.69 Å². The number of rotatable bonds is 2. The number of para-hydroxylation sites is 1. The molecule has 1 atom stereocenters. The Morgan fingerprint density at radius 1 is 1.10 bits per heavy atom. The molecule has 2 nitrogen and oxygen atoms in total. The maximum atomic E-state index is 10.1. The van der Waals surface area contributed by atoms with Crippen molar-refractivity contribution in [2.45, 2.75) is 32.2 Å². The van der Waals surface area contributed by atoms with Crippen molar-refractivity contribution in [2.75, 3.05) is 11.9 Å². The predicted octanol–water partition coefficient (Wildman–Crippen LogP) is 4.21. The summed E-state index contributed by atoms with van der Waals surface area (Å²) in [7, 11) is 2.16. The van der Waals surface area contributed by atoms with E-state index >= 15 is 0 Å². The lowest BCUT2D eigenvalue weighted by molar-refractivity contribution is 0.452. The van der Waals surface area contributed by atoms with Gasteiger partial charge in [0.25, 0.3) is 0 Å². The number of benzene rings is 2. The highest BCUT2D eigenvalue weighted by Crippen LogP contribution is 2.39. The largest absolute Gasteiger partial charge is 0.508 e. The van der Waals surface area contributed by atoms with Crippen LogP contribution in [0.1, 0.15) is 35.6 Å². The number of hydrogen-bond acceptors (Lipinski definition) is 2. The first-order valence-electron chi connectivity index (χ1n) is 7.27. The number of aryl methyl sites for hydroxylation is 1. The van der Waals surface area contributed by atoms with Gasteiger partial charge in [-0.25, -0.2) is 0 Å². The Hall–Kier alpha value is -1.96. The Balaban J connectivity index is 2.01. The average Bonchev–Trinajstić information content (AvgIpc) is 2.47. The summed E-state index contributed by atoms with van der Waals surface area (Å²) in [4.78, 5) is 2.35. The molecule has 3 rings (SSSR count). The molecule has 0 radical (unpaired) electrons. The van der Waals surface area contributed by atoms with Gasteiger partial charge in [0.1, 0.15) is 5.75 Å². The molecule has 0 bridgehead atoms. The lowest BCUT2D eigenvalue weighted by atomic mass is 9.86. The van der Waals surface area contributed by atoms with Gasteiger partial charge in [0.15, 0.2) is 0 Å². The smallest absolute Gasteiger partial charge is 0.119 e. The fourth-order valence-electron chi connectivity index (χ4n) is 3.33. The summed E-state index contributed by atoms with van der Waals surface area (Å²) in [5.41, 5.74) is 4.97. The topological polar surface area (TPSA) is 23.5 Å². The van der Waals surface area contributed by atoms with E-state index in [2.05, 4.69) is 49.2 Å². The molecule has 0 saturated carbocycles. The van der Waals surface area contributed by atoms with E-state index in [0.29, 0.717) is 11.8 Å². The zero-order valence-corrected chi connectivity index (χ0v) is 12.1. The molecule has 20 heavy (non-hydrogen) atoms. The van der Waals surface area contributed by atoms with Crippen LogP contribution in [-0.4, -0.2) is 12.2 Å². The fourth-order valence-corrected chi connectivity index (χ4v) is 3.33. The van der Waals surface area contributed by atoms with Gasteiger partial charge in [0.2, 0.25) is 0 Å². The van der Waals surface area contributed by atoms with Gasteiger partial charge < -0.3 is 10.0 Å². The van der Waals surface area contributed by atoms with E-state index in [4.69, 9.17) is 0 Å². The molecule has 2 aromatic carbocycles. The zero-order valence-electron chi connectivity index (χ0n) is 12.1. The van der Waals surface area contributed by atoms with Crippen LogP contribution in [0.2, 0.25) is 0 Å². The van der Waals surface area contributed by atoms with Crippen LogP contribution in [-0.2, 0) is 6.42 Å². The number of phenols is 1. The third-order valence-corrected chi connectivity index (χ3v) is 4.41. The second-order valence-electron chi connectivity index (χ2n) is 5.65. The summed E-state index contributed by atoms with van der Waals surface area (Å²) >= 11 is 0. The molecule has 0 aromatic heterocycles. The molecule has 1 N–H and O–H groups in total. The standard InChI is InChI=1S/C18H21NO/c1-13-7-3-4-10-16(13)19(2)17-11-5-9-15-14(17)8-6-12-18(15)20/h3-4,6-8,10,12,17,20H,5,9,11H2,1-2H3. The Kier molecular flexibility index (Phi) is 3.39. The maximum Gasteiger partial charge on any atom is 0.119 e. The molecule has 104 valence electrons. The summed E-state index contributed by atoms with van der Waals surface area (Å²) in [6, 6.07) is 14.8. The molecular weight excluding hydrogens is 246 g/mol. The minimum Gasteiger partial charge on any atom is -0.508 e. The number of anilines is 1. The summed E-state index contributed by atoms with van der Waals surface area (Å²) in [6.45, 7) is 2.15. The van der Waals surface area contributed by atoms with Gasteiger partial charge in [0, 0.05) is 12.7 Å². The maximum absolute atomic E-state index is 10.1. The van der Waals surface area contributed by atoms with Crippen molar-refractivity contribution >= 4 is 5.69 Å². The van der Waals surface area contributed by atoms with Crippen LogP contribution in [0, 0.1) is 6.92 Å². The Morgan fingerprint density at radius 3 is 2.70 bits per heavy atom. The first kappa shape index (κ1) is 13.0. The average molecular weight is 267 g/mol. The highest BCUT2D eigenvalue weighted by atomic mass is 16.3. The number of nitrogens with zero attached hydrogens (tertiary/aromatic N) is 1. The minimum absolute atomic E-state index is 0.354. The van der Waals surface area contributed by atoms with Crippen molar-refractivity contribution < 1.29 is 5.11 Å². The van der Waals surface area contributed by atoms with E-state index in [-0.39, 0.29) is 0 Å². The summed E-state index contributed by atoms with van der Waals surface area (Å²) < 4.78 is 0. The highest BCUT2D eigenvalue weighted by Gasteiger charge is 2.26. The molecule has 0 heterocycles. The summed E-state index contributed by atoms with van der Waals surface area (Å²) in [5.74, 6) is 0.449. The number of phenolic OH excluding ortho intramolecular Hbond substituents is 1. The molecule has 0 aliphatic heterocycles. The third kappa shape index (κ3) is 2.15. The fraction of sp³-hybridized carbons (Fsp3) is 0.333. The third-order valence-electron chi connectivity index (χ3n) is 4.41. The van der Waals surface area contributed by atoms with Crippen LogP contribution in [0.3, 0.4) is 0 Å². The van der Waals surface area contributed by atoms with Crippen LogP contribution >= 0.6 is 0 Å². The molecule has 0 spiro atoms. The van der Waals surface area contributed by atoms with Crippen molar-refractivity contribution in [2.24, 2.45) is 0 Å². The van der Waals surface area contributed by atoms with Gasteiger partial charge in [-0.15, -0.1) is 0 Å². The zero-order chi connectivity index (χ0) is 14.1. The van der Waals surface area contributed by atoms with E-state index in [1.54, 1.807) is 6.07 Å². The van der Waals surface area contributed by atoms with Crippen LogP contribution in [0.25, 0.3) is 0 Å². The van der Waals surface area contributed by atoms with Crippen LogP contribution < -0.4 is 4.90 Å². The van der Waals surface area contributed by atoms with E-state index in [1.807, 2.05) is 6.07 Å². The number of aromatic hydroxyl groups is 1. The van der Waals surface area contributed by atoms with Crippen LogP contribution in [0.15, 0.2) is 42.5 Å². The molecule has 0 amide bonds. The lowest BCUT2D eigenvalue weighted by Gasteiger charge is -2.35. The molecule has 0 saturated heterocycles. The summed E-state index contributed by atoms with van der Waals surface area (Å²) in [5, 5.41) is 10.1. The normalized spacial score (nSPS) is 17.6. The van der Waals surface area contributed by atoms with Gasteiger partial charge in [-0.05, 0) is 55.0 Å². The van der Waals surface area contributed by atoms with Crippen molar-refractivity contribution in [3.05, 3.63) is 59.2 Å². The summed E-state index contributed by atoms with van der Waals surface area (Å²) in [6.07, 6.45) is 3.26. The quantitative estimate of drug-likeness (QED) is 0.881.